The minimum atomic E-state index is -0.816. The summed E-state index contributed by atoms with van der Waals surface area (Å²) in [6.07, 6.45) is 1.63. The van der Waals surface area contributed by atoms with Crippen LogP contribution in [0.3, 0.4) is 0 Å². The Morgan fingerprint density at radius 1 is 1.62 bits per heavy atom. The minimum absolute atomic E-state index is 0.0610. The second-order valence-electron chi connectivity index (χ2n) is 3.34. The summed E-state index contributed by atoms with van der Waals surface area (Å²) in [7, 11) is 0. The van der Waals surface area contributed by atoms with E-state index in [1.807, 2.05) is 13.8 Å². The summed E-state index contributed by atoms with van der Waals surface area (Å²) in [5, 5.41) is 9.68. The highest BCUT2D eigenvalue weighted by molar-refractivity contribution is 7.15. The van der Waals surface area contributed by atoms with Gasteiger partial charge in [-0.2, -0.15) is 0 Å². The van der Waals surface area contributed by atoms with Crippen molar-refractivity contribution in [2.75, 3.05) is 13.1 Å². The maximum absolute atomic E-state index is 10.8. The number of carbonyl (C=O) groups is 1. The predicted octanol–water partition coefficient (Wildman–Crippen LogP) is 2.65. The number of halogens is 1. The molecule has 0 fully saturated rings. The van der Waals surface area contributed by atoms with E-state index < -0.39 is 5.97 Å². The Morgan fingerprint density at radius 3 is 2.62 bits per heavy atom. The molecule has 4 nitrogen and oxygen atoms in total. The molecule has 90 valence electrons. The molecule has 1 aromatic rings. The molecule has 0 saturated carbocycles. The van der Waals surface area contributed by atoms with E-state index in [1.165, 1.54) is 11.3 Å². The van der Waals surface area contributed by atoms with Gasteiger partial charge in [-0.3, -0.25) is 9.69 Å². The number of carboxylic acids is 1. The first-order valence-corrected chi connectivity index (χ1v) is 6.35. The Bertz CT molecular complexity index is 352. The van der Waals surface area contributed by atoms with E-state index in [0.29, 0.717) is 4.34 Å². The molecule has 6 heteroatoms. The monoisotopic (exact) mass is 262 g/mol. The molecule has 1 heterocycles. The molecular weight excluding hydrogens is 248 g/mol. The van der Waals surface area contributed by atoms with E-state index in [-0.39, 0.29) is 12.5 Å². The molecule has 16 heavy (non-hydrogen) atoms. The van der Waals surface area contributed by atoms with E-state index in [2.05, 4.69) is 9.88 Å². The fourth-order valence-electron chi connectivity index (χ4n) is 1.62. The molecule has 0 saturated heterocycles. The highest BCUT2D eigenvalue weighted by atomic mass is 35.5. The lowest BCUT2D eigenvalue weighted by molar-refractivity contribution is -0.138. The highest BCUT2D eigenvalue weighted by Gasteiger charge is 2.23. The molecule has 0 spiro atoms. The first-order chi connectivity index (χ1) is 7.58. The van der Waals surface area contributed by atoms with Gasteiger partial charge in [0.05, 0.1) is 18.7 Å². The standard InChI is InChI=1S/C10H15ClN2O2S/c1-3-13(4-2)7(5-9(14)15)10-12-6-8(11)16-10/h6-7H,3-5H2,1-2H3,(H,14,15). The second kappa shape index (κ2) is 6.18. The van der Waals surface area contributed by atoms with Crippen molar-refractivity contribution in [1.29, 1.82) is 0 Å². The van der Waals surface area contributed by atoms with Crippen LogP contribution in [0, 0.1) is 0 Å². The molecule has 1 N–H and O–H groups in total. The van der Waals surface area contributed by atoms with Crippen LogP contribution in [0.1, 0.15) is 31.3 Å². The van der Waals surface area contributed by atoms with Crippen molar-refractivity contribution in [3.63, 3.8) is 0 Å². The number of carboxylic acid groups (broad SMARTS) is 1. The zero-order chi connectivity index (χ0) is 12.1. The van der Waals surface area contributed by atoms with Crippen LogP contribution in [-0.2, 0) is 4.79 Å². The average molecular weight is 263 g/mol. The zero-order valence-corrected chi connectivity index (χ0v) is 10.9. The third-order valence-corrected chi connectivity index (χ3v) is 3.62. The molecule has 0 aromatic carbocycles. The highest BCUT2D eigenvalue weighted by Crippen LogP contribution is 2.30. The summed E-state index contributed by atoms with van der Waals surface area (Å²) in [5.74, 6) is -0.816. The van der Waals surface area contributed by atoms with Gasteiger partial charge in [-0.1, -0.05) is 25.4 Å². The largest absolute Gasteiger partial charge is 0.481 e. The van der Waals surface area contributed by atoms with E-state index >= 15 is 0 Å². The predicted molar refractivity (Wildman–Crippen MR) is 65.0 cm³/mol. The Kier molecular flexibility index (Phi) is 5.18. The average Bonchev–Trinajstić information content (AvgIpc) is 2.64. The van der Waals surface area contributed by atoms with Crippen LogP contribution in [0.2, 0.25) is 4.34 Å². The van der Waals surface area contributed by atoms with E-state index in [4.69, 9.17) is 16.7 Å². The van der Waals surface area contributed by atoms with Crippen molar-refractivity contribution >= 4 is 28.9 Å². The first-order valence-electron chi connectivity index (χ1n) is 5.15. The van der Waals surface area contributed by atoms with Crippen molar-refractivity contribution in [3.8, 4) is 0 Å². The lowest BCUT2D eigenvalue weighted by Crippen LogP contribution is -2.30. The van der Waals surface area contributed by atoms with E-state index in [1.54, 1.807) is 6.20 Å². The molecule has 0 aliphatic carbocycles. The van der Waals surface area contributed by atoms with Crippen molar-refractivity contribution in [2.45, 2.75) is 26.3 Å². The molecule has 0 amide bonds. The smallest absolute Gasteiger partial charge is 0.305 e. The third-order valence-electron chi connectivity index (χ3n) is 2.40. The molecule has 0 aliphatic rings. The van der Waals surface area contributed by atoms with Crippen LogP contribution in [0.4, 0.5) is 0 Å². The van der Waals surface area contributed by atoms with Gasteiger partial charge in [0.15, 0.2) is 0 Å². The third kappa shape index (κ3) is 3.43. The van der Waals surface area contributed by atoms with Crippen LogP contribution in [-0.4, -0.2) is 34.0 Å². The van der Waals surface area contributed by atoms with Gasteiger partial charge in [0.2, 0.25) is 0 Å². The van der Waals surface area contributed by atoms with E-state index in [9.17, 15) is 4.79 Å². The van der Waals surface area contributed by atoms with Gasteiger partial charge in [0.25, 0.3) is 0 Å². The number of thiazole rings is 1. The van der Waals surface area contributed by atoms with Crippen LogP contribution in [0.5, 0.6) is 0 Å². The molecule has 1 aromatic heterocycles. The molecule has 0 radical (unpaired) electrons. The summed E-state index contributed by atoms with van der Waals surface area (Å²) in [5.41, 5.74) is 0. The van der Waals surface area contributed by atoms with Gasteiger partial charge >= 0.3 is 5.97 Å². The van der Waals surface area contributed by atoms with Crippen molar-refractivity contribution in [1.82, 2.24) is 9.88 Å². The topological polar surface area (TPSA) is 53.4 Å². The van der Waals surface area contributed by atoms with E-state index in [0.717, 1.165) is 18.1 Å². The summed E-state index contributed by atoms with van der Waals surface area (Å²) in [4.78, 5) is 17.1. The number of nitrogens with zero attached hydrogens (tertiary/aromatic N) is 2. The number of aliphatic carboxylic acids is 1. The van der Waals surface area contributed by atoms with Gasteiger partial charge in [-0.05, 0) is 13.1 Å². The number of rotatable bonds is 6. The fraction of sp³-hybridized carbons (Fsp3) is 0.600. The quantitative estimate of drug-likeness (QED) is 0.856. The number of hydrogen-bond acceptors (Lipinski definition) is 4. The van der Waals surface area contributed by atoms with Gasteiger partial charge in [0, 0.05) is 0 Å². The summed E-state index contributed by atoms with van der Waals surface area (Å²) < 4.78 is 0.595. The molecule has 0 bridgehead atoms. The van der Waals surface area contributed by atoms with Crippen LogP contribution >= 0.6 is 22.9 Å². The maximum Gasteiger partial charge on any atom is 0.305 e. The Balaban J connectivity index is 2.90. The first kappa shape index (κ1) is 13.4. The van der Waals surface area contributed by atoms with Gasteiger partial charge < -0.3 is 5.11 Å². The Hall–Kier alpha value is -0.650. The van der Waals surface area contributed by atoms with Crippen molar-refractivity contribution in [2.24, 2.45) is 0 Å². The van der Waals surface area contributed by atoms with Crippen molar-refractivity contribution in [3.05, 3.63) is 15.5 Å². The minimum Gasteiger partial charge on any atom is -0.481 e. The zero-order valence-electron chi connectivity index (χ0n) is 9.31. The van der Waals surface area contributed by atoms with Gasteiger partial charge in [0.1, 0.15) is 9.34 Å². The number of hydrogen-bond donors (Lipinski definition) is 1. The number of aromatic nitrogens is 1. The molecule has 1 unspecified atom stereocenters. The summed E-state index contributed by atoms with van der Waals surface area (Å²) in [6, 6.07) is -0.176. The summed E-state index contributed by atoms with van der Waals surface area (Å²) >= 11 is 7.17. The normalized spacial score (nSPS) is 13.0. The Labute approximate surface area is 104 Å². The molecule has 1 rings (SSSR count). The maximum atomic E-state index is 10.8. The van der Waals surface area contributed by atoms with Crippen LogP contribution < -0.4 is 0 Å². The summed E-state index contributed by atoms with van der Waals surface area (Å²) in [6.45, 7) is 5.61. The molecule has 0 aliphatic heterocycles. The van der Waals surface area contributed by atoms with Crippen LogP contribution in [0.25, 0.3) is 0 Å². The van der Waals surface area contributed by atoms with Gasteiger partial charge in [-0.15, -0.1) is 11.3 Å². The SMILES string of the molecule is CCN(CC)C(CC(=O)O)c1ncc(Cl)s1. The van der Waals surface area contributed by atoms with Crippen LogP contribution in [0.15, 0.2) is 6.20 Å². The lowest BCUT2D eigenvalue weighted by Gasteiger charge is -2.26. The molecular formula is C10H15ClN2O2S. The second-order valence-corrected chi connectivity index (χ2v) is 5.03. The van der Waals surface area contributed by atoms with Gasteiger partial charge in [-0.25, -0.2) is 4.98 Å². The Morgan fingerprint density at radius 2 is 2.25 bits per heavy atom. The fourth-order valence-corrected chi connectivity index (χ4v) is 2.69. The lowest BCUT2D eigenvalue weighted by atomic mass is 10.2. The van der Waals surface area contributed by atoms with Crippen molar-refractivity contribution < 1.29 is 9.90 Å². The molecule has 1 atom stereocenters.